The molecule has 25 heavy (non-hydrogen) atoms. The molecule has 0 bridgehead atoms. The van der Waals surface area contributed by atoms with Gasteiger partial charge in [0.2, 0.25) is 0 Å². The van der Waals surface area contributed by atoms with Crippen LogP contribution >= 0.6 is 0 Å². The van der Waals surface area contributed by atoms with Gasteiger partial charge in [-0.1, -0.05) is 0 Å². The van der Waals surface area contributed by atoms with Crippen molar-refractivity contribution < 1.29 is 14.2 Å². The van der Waals surface area contributed by atoms with E-state index in [1.54, 1.807) is 21.3 Å². The molecule has 1 aromatic carbocycles. The van der Waals surface area contributed by atoms with Gasteiger partial charge >= 0.3 is 0 Å². The molecule has 0 aromatic heterocycles. The first-order valence-electron chi connectivity index (χ1n) is 8.72. The van der Waals surface area contributed by atoms with Gasteiger partial charge in [-0.05, 0) is 30.2 Å². The van der Waals surface area contributed by atoms with E-state index in [-0.39, 0.29) is 0 Å². The van der Waals surface area contributed by atoms with Crippen molar-refractivity contribution in [1.82, 2.24) is 15.5 Å². The number of benzene rings is 1. The Bertz CT molecular complexity index is 545. The number of nitrogens with one attached hydrogen (secondary N) is 2. The lowest BCUT2D eigenvalue weighted by Gasteiger charge is -2.26. The zero-order chi connectivity index (χ0) is 17.9. The molecule has 2 rings (SSSR count). The van der Waals surface area contributed by atoms with Gasteiger partial charge in [-0.15, -0.1) is 0 Å². The molecule has 0 atom stereocenters. The molecule has 7 heteroatoms. The van der Waals surface area contributed by atoms with Crippen LogP contribution in [0.15, 0.2) is 23.2 Å². The van der Waals surface area contributed by atoms with E-state index in [4.69, 9.17) is 14.2 Å². The molecule has 7 nitrogen and oxygen atoms in total. The maximum atomic E-state index is 5.42. The fraction of sp³-hybridized carbons (Fsp3) is 0.611. The van der Waals surface area contributed by atoms with E-state index in [2.05, 4.69) is 20.5 Å². The van der Waals surface area contributed by atoms with Gasteiger partial charge in [-0.2, -0.15) is 0 Å². The van der Waals surface area contributed by atoms with Crippen molar-refractivity contribution in [1.29, 1.82) is 0 Å². The quantitative estimate of drug-likeness (QED) is 0.533. The second-order valence-electron chi connectivity index (χ2n) is 5.81. The Hall–Kier alpha value is -1.99. The summed E-state index contributed by atoms with van der Waals surface area (Å²) in [5.74, 6) is 2.52. The molecule has 0 radical (unpaired) electrons. The molecule has 1 saturated heterocycles. The van der Waals surface area contributed by atoms with Crippen LogP contribution in [0.2, 0.25) is 0 Å². The minimum absolute atomic E-state index is 0.765. The Balaban J connectivity index is 1.73. The molecule has 140 valence electrons. The number of hydrogen-bond donors (Lipinski definition) is 2. The highest BCUT2D eigenvalue weighted by Gasteiger charge is 2.10. The predicted octanol–water partition coefficient (Wildman–Crippen LogP) is 0.744. The van der Waals surface area contributed by atoms with Gasteiger partial charge in [0.25, 0.3) is 0 Å². The fourth-order valence-corrected chi connectivity index (χ4v) is 2.77. The summed E-state index contributed by atoms with van der Waals surface area (Å²) in [7, 11) is 5.14. The highest BCUT2D eigenvalue weighted by atomic mass is 16.5. The lowest BCUT2D eigenvalue weighted by molar-refractivity contribution is 0.0389. The number of aliphatic imine (C=N–C) groups is 1. The number of morpholine rings is 1. The monoisotopic (exact) mass is 350 g/mol. The van der Waals surface area contributed by atoms with Crippen LogP contribution in [0.4, 0.5) is 0 Å². The minimum atomic E-state index is 0.765. The minimum Gasteiger partial charge on any atom is -0.497 e. The Labute approximate surface area is 150 Å². The molecular weight excluding hydrogens is 320 g/mol. The molecule has 0 aliphatic carbocycles. The van der Waals surface area contributed by atoms with Crippen molar-refractivity contribution in [3.8, 4) is 11.5 Å². The lowest BCUT2D eigenvalue weighted by atomic mass is 10.1. The number of hydrogen-bond acceptors (Lipinski definition) is 5. The molecule has 1 fully saturated rings. The van der Waals surface area contributed by atoms with Crippen molar-refractivity contribution in [3.05, 3.63) is 23.8 Å². The van der Waals surface area contributed by atoms with Gasteiger partial charge in [-0.3, -0.25) is 9.89 Å². The molecule has 0 amide bonds. The average Bonchev–Trinajstić information content (AvgIpc) is 2.67. The van der Waals surface area contributed by atoms with Crippen molar-refractivity contribution in [2.75, 3.05) is 67.2 Å². The molecular formula is C18H30N4O3. The summed E-state index contributed by atoms with van der Waals surface area (Å²) in [5, 5.41) is 6.70. The van der Waals surface area contributed by atoms with E-state index in [0.717, 1.165) is 75.4 Å². The molecule has 1 heterocycles. The van der Waals surface area contributed by atoms with E-state index >= 15 is 0 Å². The van der Waals surface area contributed by atoms with Crippen LogP contribution in [0.3, 0.4) is 0 Å². The number of nitrogens with zero attached hydrogens (tertiary/aromatic N) is 2. The zero-order valence-corrected chi connectivity index (χ0v) is 15.5. The summed E-state index contributed by atoms with van der Waals surface area (Å²) < 4.78 is 16.1. The SMILES string of the molecule is CN=C(NCCc1cc(OC)ccc1OC)NCCN1CCOCC1. The standard InChI is InChI=1S/C18H30N4O3/c1-19-18(21-8-9-22-10-12-25-13-11-22)20-7-6-15-14-16(23-2)4-5-17(15)24-3/h4-5,14H,6-13H2,1-3H3,(H2,19,20,21). The number of guanidine groups is 1. The van der Waals surface area contributed by atoms with Crippen LogP contribution in [0.25, 0.3) is 0 Å². The Morgan fingerprint density at radius 3 is 2.60 bits per heavy atom. The van der Waals surface area contributed by atoms with Gasteiger partial charge in [-0.25, -0.2) is 0 Å². The predicted molar refractivity (Wildman–Crippen MR) is 99.9 cm³/mol. The van der Waals surface area contributed by atoms with Crippen LogP contribution in [-0.2, 0) is 11.2 Å². The van der Waals surface area contributed by atoms with Crippen LogP contribution in [-0.4, -0.2) is 78.1 Å². The van der Waals surface area contributed by atoms with Crippen LogP contribution in [0, 0.1) is 0 Å². The third-order valence-electron chi connectivity index (χ3n) is 4.22. The molecule has 0 unspecified atom stereocenters. The van der Waals surface area contributed by atoms with Crippen molar-refractivity contribution in [3.63, 3.8) is 0 Å². The Morgan fingerprint density at radius 2 is 1.92 bits per heavy atom. The number of ether oxygens (including phenoxy) is 3. The van der Waals surface area contributed by atoms with E-state index in [1.807, 2.05) is 18.2 Å². The summed E-state index contributed by atoms with van der Waals surface area (Å²) in [5.41, 5.74) is 1.11. The third-order valence-corrected chi connectivity index (χ3v) is 4.22. The second-order valence-corrected chi connectivity index (χ2v) is 5.81. The van der Waals surface area contributed by atoms with Crippen LogP contribution < -0.4 is 20.1 Å². The smallest absolute Gasteiger partial charge is 0.191 e. The summed E-state index contributed by atoms with van der Waals surface area (Å²) in [6.07, 6.45) is 0.824. The van der Waals surface area contributed by atoms with E-state index in [9.17, 15) is 0 Å². The lowest BCUT2D eigenvalue weighted by Crippen LogP contribution is -2.44. The third kappa shape index (κ3) is 6.43. The van der Waals surface area contributed by atoms with Crippen LogP contribution in [0.1, 0.15) is 5.56 Å². The molecule has 1 aliphatic heterocycles. The molecule has 0 spiro atoms. The first-order chi connectivity index (χ1) is 12.3. The highest BCUT2D eigenvalue weighted by Crippen LogP contribution is 2.24. The molecule has 1 aliphatic rings. The highest BCUT2D eigenvalue weighted by molar-refractivity contribution is 5.79. The average molecular weight is 350 g/mol. The van der Waals surface area contributed by atoms with Crippen LogP contribution in [0.5, 0.6) is 11.5 Å². The summed E-state index contributed by atoms with van der Waals surface area (Å²) in [6, 6.07) is 5.85. The summed E-state index contributed by atoms with van der Waals surface area (Å²) >= 11 is 0. The van der Waals surface area contributed by atoms with E-state index < -0.39 is 0 Å². The fourth-order valence-electron chi connectivity index (χ4n) is 2.77. The normalized spacial score (nSPS) is 15.7. The van der Waals surface area contributed by atoms with Gasteiger partial charge in [0.15, 0.2) is 5.96 Å². The summed E-state index contributed by atoms with van der Waals surface area (Å²) in [4.78, 5) is 6.67. The first-order valence-corrected chi connectivity index (χ1v) is 8.72. The van der Waals surface area contributed by atoms with Crippen molar-refractivity contribution in [2.45, 2.75) is 6.42 Å². The van der Waals surface area contributed by atoms with Crippen molar-refractivity contribution in [2.24, 2.45) is 4.99 Å². The van der Waals surface area contributed by atoms with Crippen molar-refractivity contribution >= 4 is 5.96 Å². The van der Waals surface area contributed by atoms with Gasteiger partial charge in [0.1, 0.15) is 11.5 Å². The first kappa shape index (κ1) is 19.3. The maximum absolute atomic E-state index is 5.42. The largest absolute Gasteiger partial charge is 0.497 e. The Morgan fingerprint density at radius 1 is 1.16 bits per heavy atom. The zero-order valence-electron chi connectivity index (χ0n) is 15.5. The molecule has 0 saturated carbocycles. The maximum Gasteiger partial charge on any atom is 0.191 e. The molecule has 1 aromatic rings. The summed E-state index contributed by atoms with van der Waals surface area (Å²) in [6.45, 7) is 6.29. The van der Waals surface area contributed by atoms with Gasteiger partial charge in [0.05, 0.1) is 27.4 Å². The van der Waals surface area contributed by atoms with Gasteiger partial charge < -0.3 is 24.8 Å². The number of methoxy groups -OCH3 is 2. The topological polar surface area (TPSA) is 67.4 Å². The number of rotatable bonds is 8. The van der Waals surface area contributed by atoms with Gasteiger partial charge in [0, 0.05) is 39.8 Å². The van der Waals surface area contributed by atoms with E-state index in [0.29, 0.717) is 0 Å². The molecule has 2 N–H and O–H groups in total. The Kier molecular flexibility index (Phi) is 8.34. The second kappa shape index (κ2) is 10.8. The van der Waals surface area contributed by atoms with E-state index in [1.165, 1.54) is 0 Å².